The molecule has 0 amide bonds. The first-order valence-corrected chi connectivity index (χ1v) is 3.02. The lowest BCUT2D eigenvalue weighted by Gasteiger charge is -1.68. The van der Waals surface area contributed by atoms with Crippen LogP contribution in [0.2, 0.25) is 0 Å². The Morgan fingerprint density at radius 2 is 2.33 bits per heavy atom. The quantitative estimate of drug-likeness (QED) is 0.468. The molecule has 0 aromatic rings. The minimum Gasteiger partial charge on any atom is -0.103 e. The summed E-state index contributed by atoms with van der Waals surface area (Å²) in [4.78, 5) is 0. The van der Waals surface area contributed by atoms with Crippen molar-refractivity contribution in [2.24, 2.45) is 0 Å². The van der Waals surface area contributed by atoms with Gasteiger partial charge in [0.2, 0.25) is 0 Å². The molecule has 0 nitrogen and oxygen atoms in total. The van der Waals surface area contributed by atoms with Crippen molar-refractivity contribution >= 4 is 22.6 Å². The van der Waals surface area contributed by atoms with Crippen LogP contribution in [-0.4, -0.2) is 0 Å². The van der Waals surface area contributed by atoms with Crippen LogP contribution < -0.4 is 0 Å². The zero-order valence-electron chi connectivity index (χ0n) is 3.52. The first-order valence-electron chi connectivity index (χ1n) is 1.78. The molecule has 0 saturated heterocycles. The zero-order valence-corrected chi connectivity index (χ0v) is 5.68. The summed E-state index contributed by atoms with van der Waals surface area (Å²) in [5.41, 5.74) is 0. The summed E-state index contributed by atoms with van der Waals surface area (Å²) in [6.45, 7) is 3.54. The summed E-state index contributed by atoms with van der Waals surface area (Å²) >= 11 is 2.18. The fourth-order valence-corrected chi connectivity index (χ4v) is 0.441. The van der Waals surface area contributed by atoms with Gasteiger partial charge in [-0.25, -0.2) is 0 Å². The molecule has 0 aliphatic rings. The molecule has 0 fully saturated rings. The van der Waals surface area contributed by atoms with Gasteiger partial charge in [-0.05, 0) is 10.5 Å². The van der Waals surface area contributed by atoms with Crippen molar-refractivity contribution in [1.82, 2.24) is 0 Å². The Morgan fingerprint density at radius 1 is 1.67 bits per heavy atom. The molecule has 1 heteroatoms. The van der Waals surface area contributed by atoms with Crippen LogP contribution >= 0.6 is 22.6 Å². The van der Waals surface area contributed by atoms with Crippen LogP contribution in [-0.2, 0) is 0 Å². The topological polar surface area (TPSA) is 0 Å². The zero-order chi connectivity index (χ0) is 4.83. The van der Waals surface area contributed by atoms with E-state index >= 15 is 0 Å². The van der Waals surface area contributed by atoms with Gasteiger partial charge in [0.05, 0.1) is 0 Å². The summed E-state index contributed by atoms with van der Waals surface area (Å²) in [5, 5.41) is 0. The maximum atomic E-state index is 3.54. The Kier molecular flexibility index (Phi) is 5.39. The molecular weight excluding hydrogens is 187 g/mol. The lowest BCUT2D eigenvalue weighted by molar-refractivity contribution is 1.42. The molecule has 0 radical (unpaired) electrons. The van der Waals surface area contributed by atoms with E-state index in [0.717, 1.165) is 6.42 Å². The predicted molar refractivity (Wildman–Crippen MR) is 38.0 cm³/mol. The smallest absolute Gasteiger partial charge is 0.0164 e. The number of allylic oxidation sites excluding steroid dienone is 2. The SMILES string of the molecule is C=CC/C=C\I. The van der Waals surface area contributed by atoms with E-state index in [0.29, 0.717) is 0 Å². The Bertz CT molecular complexity index is 55.0. The third kappa shape index (κ3) is 4.21. The first-order chi connectivity index (χ1) is 2.91. The van der Waals surface area contributed by atoms with Gasteiger partial charge in [0, 0.05) is 0 Å². The number of rotatable bonds is 2. The predicted octanol–water partition coefficient (Wildman–Crippen LogP) is 2.51. The van der Waals surface area contributed by atoms with Gasteiger partial charge in [0.15, 0.2) is 0 Å². The standard InChI is InChI=1S/C5H7I/c1-2-3-4-5-6/h2,4-5H,1,3H2/b5-4-. The Balaban J connectivity index is 2.85. The van der Waals surface area contributed by atoms with E-state index in [9.17, 15) is 0 Å². The highest BCUT2D eigenvalue weighted by Crippen LogP contribution is 1.87. The highest BCUT2D eigenvalue weighted by Gasteiger charge is 1.58. The average Bonchev–Trinajstić information content (AvgIpc) is 1.61. The van der Waals surface area contributed by atoms with E-state index in [4.69, 9.17) is 0 Å². The van der Waals surface area contributed by atoms with Crippen LogP contribution in [0, 0.1) is 0 Å². The highest BCUT2D eigenvalue weighted by molar-refractivity contribution is 14.1. The molecule has 0 unspecified atom stereocenters. The summed E-state index contributed by atoms with van der Waals surface area (Å²) < 4.78 is 1.99. The van der Waals surface area contributed by atoms with Gasteiger partial charge in [-0.3, -0.25) is 0 Å². The molecular formula is C5H7I. The Morgan fingerprint density at radius 3 is 2.50 bits per heavy atom. The van der Waals surface area contributed by atoms with Crippen molar-refractivity contribution in [3.8, 4) is 0 Å². The molecule has 0 saturated carbocycles. The molecule has 0 bridgehead atoms. The second kappa shape index (κ2) is 5.21. The molecule has 0 atom stereocenters. The van der Waals surface area contributed by atoms with Crippen molar-refractivity contribution in [3.05, 3.63) is 22.8 Å². The van der Waals surface area contributed by atoms with Gasteiger partial charge in [-0.15, -0.1) is 6.58 Å². The number of hydrogen-bond acceptors (Lipinski definition) is 0. The third-order valence-electron chi connectivity index (χ3n) is 0.392. The third-order valence-corrected chi connectivity index (χ3v) is 0.900. The normalized spacial score (nSPS) is 9.50. The molecule has 0 aromatic heterocycles. The van der Waals surface area contributed by atoms with E-state index < -0.39 is 0 Å². The van der Waals surface area contributed by atoms with Crippen LogP contribution in [0.4, 0.5) is 0 Å². The minimum absolute atomic E-state index is 0.989. The van der Waals surface area contributed by atoms with Crippen molar-refractivity contribution < 1.29 is 0 Å². The maximum absolute atomic E-state index is 3.54. The summed E-state index contributed by atoms with van der Waals surface area (Å²) in [6.07, 6.45) is 4.91. The van der Waals surface area contributed by atoms with Crippen molar-refractivity contribution in [1.29, 1.82) is 0 Å². The van der Waals surface area contributed by atoms with E-state index in [1.165, 1.54) is 0 Å². The monoisotopic (exact) mass is 194 g/mol. The van der Waals surface area contributed by atoms with Gasteiger partial charge in [-0.1, -0.05) is 34.7 Å². The second-order valence-electron chi connectivity index (χ2n) is 0.886. The van der Waals surface area contributed by atoms with Crippen LogP contribution in [0.5, 0.6) is 0 Å². The van der Waals surface area contributed by atoms with Crippen molar-refractivity contribution in [3.63, 3.8) is 0 Å². The largest absolute Gasteiger partial charge is 0.103 e. The lowest BCUT2D eigenvalue weighted by atomic mass is 10.4. The van der Waals surface area contributed by atoms with Gasteiger partial charge in [-0.2, -0.15) is 0 Å². The lowest BCUT2D eigenvalue weighted by Crippen LogP contribution is -1.46. The molecule has 0 rings (SSSR count). The summed E-state index contributed by atoms with van der Waals surface area (Å²) in [5.74, 6) is 0. The van der Waals surface area contributed by atoms with Crippen LogP contribution in [0.15, 0.2) is 22.8 Å². The van der Waals surface area contributed by atoms with Crippen LogP contribution in [0.1, 0.15) is 6.42 Å². The summed E-state index contributed by atoms with van der Waals surface area (Å²) in [6, 6.07) is 0. The Labute approximate surface area is 52.1 Å². The number of hydrogen-bond donors (Lipinski definition) is 0. The molecule has 0 heterocycles. The Hall–Kier alpha value is 0.210. The van der Waals surface area contributed by atoms with Crippen molar-refractivity contribution in [2.75, 3.05) is 0 Å². The van der Waals surface area contributed by atoms with Gasteiger partial charge < -0.3 is 0 Å². The van der Waals surface area contributed by atoms with Gasteiger partial charge >= 0.3 is 0 Å². The average molecular weight is 194 g/mol. The fraction of sp³-hybridized carbons (Fsp3) is 0.200. The molecule has 0 N–H and O–H groups in total. The molecule has 6 heavy (non-hydrogen) atoms. The summed E-state index contributed by atoms with van der Waals surface area (Å²) in [7, 11) is 0. The maximum Gasteiger partial charge on any atom is -0.0164 e. The molecule has 0 aliphatic carbocycles. The minimum atomic E-state index is 0.989. The van der Waals surface area contributed by atoms with E-state index in [1.807, 2.05) is 16.2 Å². The molecule has 0 aliphatic heterocycles. The molecule has 34 valence electrons. The van der Waals surface area contributed by atoms with Crippen molar-refractivity contribution in [2.45, 2.75) is 6.42 Å². The van der Waals surface area contributed by atoms with E-state index in [1.54, 1.807) is 0 Å². The number of halogens is 1. The second-order valence-corrected chi connectivity index (χ2v) is 1.61. The highest BCUT2D eigenvalue weighted by atomic mass is 127. The van der Waals surface area contributed by atoms with Crippen LogP contribution in [0.25, 0.3) is 0 Å². The van der Waals surface area contributed by atoms with Gasteiger partial charge in [0.1, 0.15) is 0 Å². The van der Waals surface area contributed by atoms with Crippen LogP contribution in [0.3, 0.4) is 0 Å². The van der Waals surface area contributed by atoms with E-state index in [-0.39, 0.29) is 0 Å². The fourth-order valence-electron chi connectivity index (χ4n) is 0.148. The molecule has 0 spiro atoms. The first kappa shape index (κ1) is 6.21. The van der Waals surface area contributed by atoms with E-state index in [2.05, 4.69) is 29.2 Å². The molecule has 0 aromatic carbocycles. The van der Waals surface area contributed by atoms with Gasteiger partial charge in [0.25, 0.3) is 0 Å².